The van der Waals surface area contributed by atoms with Crippen molar-refractivity contribution in [3.05, 3.63) is 59.0 Å². The van der Waals surface area contributed by atoms with Crippen molar-refractivity contribution >= 4 is 0 Å². The molecular weight excluding hydrogens is 262 g/mol. The monoisotopic (exact) mass is 287 g/mol. The van der Waals surface area contributed by atoms with Crippen molar-refractivity contribution in [3.63, 3.8) is 0 Å². The van der Waals surface area contributed by atoms with Crippen LogP contribution in [0.3, 0.4) is 0 Å². The average Bonchev–Trinajstić information content (AvgIpc) is 2.77. The van der Waals surface area contributed by atoms with Gasteiger partial charge in [-0.2, -0.15) is 0 Å². The predicted octanol–water partition coefficient (Wildman–Crippen LogP) is 4.19. The summed E-state index contributed by atoms with van der Waals surface area (Å²) in [5, 5.41) is 3.47. The van der Waals surface area contributed by atoms with E-state index in [1.807, 2.05) is 25.1 Å². The van der Waals surface area contributed by atoms with Crippen LogP contribution in [0.5, 0.6) is 0 Å². The Labute approximate surface area is 127 Å². The molecule has 0 radical (unpaired) electrons. The molecule has 0 aliphatic heterocycles. The lowest BCUT2D eigenvalue weighted by Crippen LogP contribution is -2.35. The van der Waals surface area contributed by atoms with E-state index >= 15 is 0 Å². The highest BCUT2D eigenvalue weighted by Crippen LogP contribution is 2.17. The van der Waals surface area contributed by atoms with Crippen molar-refractivity contribution in [1.82, 2.24) is 5.32 Å². The molecule has 2 aromatic rings. The number of hydrogen-bond acceptors (Lipinski definition) is 3. The first-order valence-corrected chi connectivity index (χ1v) is 7.39. The van der Waals surface area contributed by atoms with E-state index in [-0.39, 0.29) is 5.54 Å². The van der Waals surface area contributed by atoms with Gasteiger partial charge in [-0.1, -0.05) is 30.3 Å². The molecule has 21 heavy (non-hydrogen) atoms. The Morgan fingerprint density at radius 2 is 1.81 bits per heavy atom. The third-order valence-corrected chi connectivity index (χ3v) is 3.24. The molecule has 0 amide bonds. The first-order chi connectivity index (χ1) is 9.94. The molecule has 1 N–H and O–H groups in total. The molecule has 114 valence electrons. The maximum absolute atomic E-state index is 5.75. The van der Waals surface area contributed by atoms with Gasteiger partial charge in [0.2, 0.25) is 0 Å². The number of furan rings is 1. The second-order valence-electron chi connectivity index (χ2n) is 6.38. The molecule has 2 rings (SSSR count). The van der Waals surface area contributed by atoms with Gasteiger partial charge in [0.05, 0.1) is 6.61 Å². The summed E-state index contributed by atoms with van der Waals surface area (Å²) in [7, 11) is 0. The molecule has 3 heteroatoms. The smallest absolute Gasteiger partial charge is 0.130 e. The number of rotatable bonds is 6. The van der Waals surface area contributed by atoms with E-state index < -0.39 is 0 Å². The van der Waals surface area contributed by atoms with Crippen molar-refractivity contribution in [1.29, 1.82) is 0 Å². The molecule has 3 nitrogen and oxygen atoms in total. The molecule has 1 heterocycles. The molecule has 0 bridgehead atoms. The van der Waals surface area contributed by atoms with Gasteiger partial charge >= 0.3 is 0 Å². The van der Waals surface area contributed by atoms with E-state index in [1.165, 1.54) is 11.1 Å². The van der Waals surface area contributed by atoms with Crippen LogP contribution in [-0.2, 0) is 24.5 Å². The second kappa shape index (κ2) is 6.92. The lowest BCUT2D eigenvalue weighted by atomic mass is 10.1. The van der Waals surface area contributed by atoms with E-state index in [1.54, 1.807) is 0 Å². The van der Waals surface area contributed by atoms with Crippen LogP contribution in [0.2, 0.25) is 0 Å². The molecule has 0 spiro atoms. The summed E-state index contributed by atoms with van der Waals surface area (Å²) in [5.74, 6) is 1.85. The van der Waals surface area contributed by atoms with E-state index in [4.69, 9.17) is 9.15 Å². The minimum atomic E-state index is 0.105. The number of ether oxygens (including phenoxy) is 1. The second-order valence-corrected chi connectivity index (χ2v) is 6.38. The Morgan fingerprint density at radius 1 is 1.10 bits per heavy atom. The van der Waals surface area contributed by atoms with Crippen LogP contribution in [0.1, 0.15) is 43.4 Å². The highest BCUT2D eigenvalue weighted by atomic mass is 16.5. The number of nitrogens with one attached hydrogen (secondary N) is 1. The topological polar surface area (TPSA) is 34.4 Å². The molecule has 0 aliphatic carbocycles. The summed E-state index contributed by atoms with van der Waals surface area (Å²) in [5.41, 5.74) is 2.48. The molecular formula is C18H25NO2. The lowest BCUT2D eigenvalue weighted by molar-refractivity contribution is 0.0923. The standard InChI is InChI=1S/C18H25NO2/c1-14-16(11-19-18(2,3)4)10-17(21-14)13-20-12-15-8-6-5-7-9-15/h5-10,19H,11-13H2,1-4H3. The fourth-order valence-electron chi connectivity index (χ4n) is 2.04. The number of benzene rings is 1. The van der Waals surface area contributed by atoms with Gasteiger partial charge in [0.15, 0.2) is 0 Å². The van der Waals surface area contributed by atoms with Gasteiger partial charge in [-0.25, -0.2) is 0 Å². The van der Waals surface area contributed by atoms with Crippen molar-refractivity contribution in [3.8, 4) is 0 Å². The van der Waals surface area contributed by atoms with Gasteiger partial charge in [-0.15, -0.1) is 0 Å². The van der Waals surface area contributed by atoms with Gasteiger partial charge in [0.1, 0.15) is 18.1 Å². The summed E-state index contributed by atoms with van der Waals surface area (Å²) in [6, 6.07) is 12.3. The quantitative estimate of drug-likeness (QED) is 0.865. The van der Waals surface area contributed by atoms with Crippen molar-refractivity contribution in [2.24, 2.45) is 0 Å². The summed E-state index contributed by atoms with van der Waals surface area (Å²) in [6.07, 6.45) is 0. The number of hydrogen-bond donors (Lipinski definition) is 1. The van der Waals surface area contributed by atoms with Crippen LogP contribution in [0, 0.1) is 6.92 Å². The van der Waals surface area contributed by atoms with Gasteiger partial charge in [-0.05, 0) is 39.3 Å². The van der Waals surface area contributed by atoms with Crippen molar-refractivity contribution in [2.45, 2.75) is 53.0 Å². The maximum atomic E-state index is 5.75. The predicted molar refractivity (Wildman–Crippen MR) is 85.0 cm³/mol. The Bertz CT molecular complexity index is 552. The van der Waals surface area contributed by atoms with Gasteiger partial charge in [0.25, 0.3) is 0 Å². The highest BCUT2D eigenvalue weighted by Gasteiger charge is 2.12. The number of aryl methyl sites for hydroxylation is 1. The molecule has 0 fully saturated rings. The molecule has 0 saturated heterocycles. The first kappa shape index (κ1) is 15.8. The third kappa shape index (κ3) is 5.37. The molecule has 0 aliphatic rings. The van der Waals surface area contributed by atoms with Crippen LogP contribution in [-0.4, -0.2) is 5.54 Å². The third-order valence-electron chi connectivity index (χ3n) is 3.24. The fourth-order valence-corrected chi connectivity index (χ4v) is 2.04. The van der Waals surface area contributed by atoms with Gasteiger partial charge in [0, 0.05) is 17.6 Å². The summed E-state index contributed by atoms with van der Waals surface area (Å²) in [4.78, 5) is 0. The molecule has 1 aromatic heterocycles. The zero-order valence-electron chi connectivity index (χ0n) is 13.4. The Balaban J connectivity index is 1.84. The minimum Gasteiger partial charge on any atom is -0.464 e. The lowest BCUT2D eigenvalue weighted by Gasteiger charge is -2.20. The van der Waals surface area contributed by atoms with Crippen LogP contribution in [0.15, 0.2) is 40.8 Å². The highest BCUT2D eigenvalue weighted by molar-refractivity contribution is 5.20. The Kier molecular flexibility index (Phi) is 5.21. The Hall–Kier alpha value is -1.58. The molecule has 0 unspecified atom stereocenters. The van der Waals surface area contributed by atoms with Crippen LogP contribution in [0.25, 0.3) is 0 Å². The van der Waals surface area contributed by atoms with Crippen molar-refractivity contribution in [2.75, 3.05) is 0 Å². The van der Waals surface area contributed by atoms with E-state index in [9.17, 15) is 0 Å². The minimum absolute atomic E-state index is 0.105. The molecule has 0 saturated carbocycles. The first-order valence-electron chi connectivity index (χ1n) is 7.39. The van der Waals surface area contributed by atoms with Crippen LogP contribution >= 0.6 is 0 Å². The zero-order valence-corrected chi connectivity index (χ0v) is 13.4. The van der Waals surface area contributed by atoms with Gasteiger partial charge < -0.3 is 14.5 Å². The normalized spacial score (nSPS) is 11.8. The largest absolute Gasteiger partial charge is 0.464 e. The summed E-state index contributed by atoms with van der Waals surface area (Å²) >= 11 is 0. The van der Waals surface area contributed by atoms with Gasteiger partial charge in [-0.3, -0.25) is 0 Å². The Morgan fingerprint density at radius 3 is 2.48 bits per heavy atom. The average molecular weight is 287 g/mol. The van der Waals surface area contributed by atoms with Crippen LogP contribution in [0.4, 0.5) is 0 Å². The summed E-state index contributed by atoms with van der Waals surface area (Å²) < 4.78 is 11.5. The fraction of sp³-hybridized carbons (Fsp3) is 0.444. The van der Waals surface area contributed by atoms with E-state index in [2.05, 4.69) is 44.3 Å². The zero-order chi connectivity index (χ0) is 15.3. The SMILES string of the molecule is Cc1oc(COCc2ccccc2)cc1CNC(C)(C)C. The van der Waals surface area contributed by atoms with E-state index in [0.717, 1.165) is 18.1 Å². The summed E-state index contributed by atoms with van der Waals surface area (Å²) in [6.45, 7) is 10.4. The maximum Gasteiger partial charge on any atom is 0.130 e. The molecule has 1 aromatic carbocycles. The molecule has 0 atom stereocenters. The van der Waals surface area contributed by atoms with Crippen molar-refractivity contribution < 1.29 is 9.15 Å². The van der Waals surface area contributed by atoms with E-state index in [0.29, 0.717) is 13.2 Å². The van der Waals surface area contributed by atoms with Crippen LogP contribution < -0.4 is 5.32 Å².